The fourth-order valence-corrected chi connectivity index (χ4v) is 2.43. The smallest absolute Gasteiger partial charge is 0.106 e. The van der Waals surface area contributed by atoms with Crippen LogP contribution < -0.4 is 5.73 Å². The Labute approximate surface area is 110 Å². The van der Waals surface area contributed by atoms with Crippen molar-refractivity contribution in [1.82, 2.24) is 4.98 Å². The van der Waals surface area contributed by atoms with Gasteiger partial charge in [0.25, 0.3) is 0 Å². The first-order valence-electron chi connectivity index (χ1n) is 5.73. The zero-order valence-electron chi connectivity index (χ0n) is 9.68. The summed E-state index contributed by atoms with van der Waals surface area (Å²) >= 11 is 5.19. The predicted octanol–water partition coefficient (Wildman–Crippen LogP) is 3.47. The Kier molecular flexibility index (Phi) is 2.61. The Hall–Kier alpha value is -2.13. The molecule has 2 aromatic carbocycles. The summed E-state index contributed by atoms with van der Waals surface area (Å²) in [5, 5.41) is 1.07. The molecule has 0 amide bonds. The maximum atomic E-state index is 5.87. The summed E-state index contributed by atoms with van der Waals surface area (Å²) in [7, 11) is 0. The Balaban J connectivity index is 2.36. The van der Waals surface area contributed by atoms with Crippen molar-refractivity contribution in [2.45, 2.75) is 0 Å². The lowest BCUT2D eigenvalue weighted by Gasteiger charge is -2.02. The van der Waals surface area contributed by atoms with Gasteiger partial charge in [-0.2, -0.15) is 0 Å². The van der Waals surface area contributed by atoms with Gasteiger partial charge in [-0.25, -0.2) is 0 Å². The fraction of sp³-hybridized carbons (Fsp3) is 0. The maximum Gasteiger partial charge on any atom is 0.106 e. The average Bonchev–Trinajstić information content (AvgIpc) is 2.79. The van der Waals surface area contributed by atoms with E-state index in [2.05, 4.69) is 4.98 Å². The molecule has 0 aliphatic carbocycles. The van der Waals surface area contributed by atoms with Crippen LogP contribution in [0, 0.1) is 0 Å². The Bertz CT molecular complexity index is 714. The van der Waals surface area contributed by atoms with Gasteiger partial charge in [-0.1, -0.05) is 60.7 Å². The Morgan fingerprint density at radius 2 is 1.61 bits per heavy atom. The van der Waals surface area contributed by atoms with Crippen molar-refractivity contribution in [3.8, 4) is 11.3 Å². The summed E-state index contributed by atoms with van der Waals surface area (Å²) in [6, 6.07) is 18.2. The van der Waals surface area contributed by atoms with E-state index in [4.69, 9.17) is 18.0 Å². The molecule has 0 unspecified atom stereocenters. The topological polar surface area (TPSA) is 41.8 Å². The average molecular weight is 252 g/mol. The van der Waals surface area contributed by atoms with E-state index < -0.39 is 0 Å². The van der Waals surface area contributed by atoms with Crippen LogP contribution in [0.5, 0.6) is 0 Å². The quantitative estimate of drug-likeness (QED) is 0.686. The lowest BCUT2D eigenvalue weighted by molar-refractivity contribution is 1.44. The SMILES string of the molecule is NC(=S)c1c(-c2ccccc2)[nH]c2ccccc12. The predicted molar refractivity (Wildman–Crippen MR) is 79.6 cm³/mol. The first kappa shape index (κ1) is 11.0. The molecule has 0 radical (unpaired) electrons. The third-order valence-corrected chi connectivity index (χ3v) is 3.22. The molecule has 2 nitrogen and oxygen atoms in total. The molecule has 0 fully saturated rings. The summed E-state index contributed by atoms with van der Waals surface area (Å²) in [6.07, 6.45) is 0. The Morgan fingerprint density at radius 1 is 0.944 bits per heavy atom. The molecular formula is C15H12N2S. The molecule has 1 aromatic heterocycles. The highest BCUT2D eigenvalue weighted by Gasteiger charge is 2.14. The van der Waals surface area contributed by atoms with Crippen LogP contribution in [-0.2, 0) is 0 Å². The van der Waals surface area contributed by atoms with E-state index in [0.29, 0.717) is 4.99 Å². The summed E-state index contributed by atoms with van der Waals surface area (Å²) < 4.78 is 0. The standard InChI is InChI=1S/C15H12N2S/c16-15(18)13-11-8-4-5-9-12(11)17-14(13)10-6-2-1-3-7-10/h1-9,17H,(H2,16,18). The normalized spacial score (nSPS) is 10.7. The molecule has 0 spiro atoms. The zero-order valence-corrected chi connectivity index (χ0v) is 10.5. The fourth-order valence-electron chi connectivity index (χ4n) is 2.22. The van der Waals surface area contributed by atoms with Crippen LogP contribution in [0.15, 0.2) is 54.6 Å². The largest absolute Gasteiger partial charge is 0.389 e. The van der Waals surface area contributed by atoms with Crippen LogP contribution >= 0.6 is 12.2 Å². The molecule has 0 saturated carbocycles. The van der Waals surface area contributed by atoms with E-state index in [0.717, 1.165) is 27.7 Å². The highest BCUT2D eigenvalue weighted by molar-refractivity contribution is 7.80. The van der Waals surface area contributed by atoms with Gasteiger partial charge in [-0.05, 0) is 11.6 Å². The van der Waals surface area contributed by atoms with Crippen molar-refractivity contribution < 1.29 is 0 Å². The molecule has 18 heavy (non-hydrogen) atoms. The van der Waals surface area contributed by atoms with Crippen LogP contribution in [0.1, 0.15) is 5.56 Å². The minimum Gasteiger partial charge on any atom is -0.389 e. The van der Waals surface area contributed by atoms with Gasteiger partial charge in [-0.15, -0.1) is 0 Å². The molecule has 0 aliphatic heterocycles. The van der Waals surface area contributed by atoms with Gasteiger partial charge < -0.3 is 10.7 Å². The van der Waals surface area contributed by atoms with Gasteiger partial charge in [0.1, 0.15) is 4.99 Å². The van der Waals surface area contributed by atoms with Crippen molar-refractivity contribution in [2.75, 3.05) is 0 Å². The molecule has 3 heteroatoms. The number of H-pyrrole nitrogens is 1. The molecule has 3 aromatic rings. The highest BCUT2D eigenvalue weighted by Crippen LogP contribution is 2.29. The first-order chi connectivity index (χ1) is 8.77. The van der Waals surface area contributed by atoms with E-state index in [9.17, 15) is 0 Å². The van der Waals surface area contributed by atoms with Gasteiger partial charge >= 0.3 is 0 Å². The highest BCUT2D eigenvalue weighted by atomic mass is 32.1. The van der Waals surface area contributed by atoms with Crippen LogP contribution in [0.25, 0.3) is 22.2 Å². The van der Waals surface area contributed by atoms with Crippen LogP contribution in [0.4, 0.5) is 0 Å². The number of aromatic nitrogens is 1. The van der Waals surface area contributed by atoms with Gasteiger partial charge in [0, 0.05) is 16.5 Å². The second kappa shape index (κ2) is 4.27. The number of hydrogen-bond donors (Lipinski definition) is 2. The third kappa shape index (κ3) is 1.69. The van der Waals surface area contributed by atoms with Gasteiger partial charge in [0.2, 0.25) is 0 Å². The number of thiocarbonyl (C=S) groups is 1. The minimum atomic E-state index is 0.423. The third-order valence-electron chi connectivity index (χ3n) is 3.01. The van der Waals surface area contributed by atoms with Crippen molar-refractivity contribution in [1.29, 1.82) is 0 Å². The summed E-state index contributed by atoms with van der Waals surface area (Å²) in [6.45, 7) is 0. The van der Waals surface area contributed by atoms with Gasteiger partial charge in [-0.3, -0.25) is 0 Å². The number of para-hydroxylation sites is 1. The number of rotatable bonds is 2. The van der Waals surface area contributed by atoms with E-state index in [1.165, 1.54) is 0 Å². The molecule has 0 aliphatic rings. The van der Waals surface area contributed by atoms with Crippen molar-refractivity contribution >= 4 is 28.1 Å². The zero-order chi connectivity index (χ0) is 12.5. The van der Waals surface area contributed by atoms with Gasteiger partial charge in [0.15, 0.2) is 0 Å². The lowest BCUT2D eigenvalue weighted by atomic mass is 10.1. The van der Waals surface area contributed by atoms with Crippen molar-refractivity contribution in [3.63, 3.8) is 0 Å². The monoisotopic (exact) mass is 252 g/mol. The molecule has 0 bridgehead atoms. The molecule has 3 rings (SSSR count). The number of nitrogens with one attached hydrogen (secondary N) is 1. The molecule has 3 N–H and O–H groups in total. The second-order valence-corrected chi connectivity index (χ2v) is 4.59. The Morgan fingerprint density at radius 3 is 2.33 bits per heavy atom. The number of aromatic amines is 1. The second-order valence-electron chi connectivity index (χ2n) is 4.15. The molecule has 88 valence electrons. The lowest BCUT2D eigenvalue weighted by Crippen LogP contribution is -2.10. The molecular weight excluding hydrogens is 240 g/mol. The summed E-state index contributed by atoms with van der Waals surface area (Å²) in [5.74, 6) is 0. The van der Waals surface area contributed by atoms with E-state index >= 15 is 0 Å². The van der Waals surface area contributed by atoms with E-state index in [1.807, 2.05) is 54.6 Å². The number of fused-ring (bicyclic) bond motifs is 1. The number of hydrogen-bond acceptors (Lipinski definition) is 1. The van der Waals surface area contributed by atoms with Crippen LogP contribution in [0.2, 0.25) is 0 Å². The summed E-state index contributed by atoms with van der Waals surface area (Å²) in [5.41, 5.74) is 9.94. The minimum absolute atomic E-state index is 0.423. The maximum absolute atomic E-state index is 5.87. The van der Waals surface area contributed by atoms with Gasteiger partial charge in [0.05, 0.1) is 5.69 Å². The molecule has 0 atom stereocenters. The van der Waals surface area contributed by atoms with E-state index in [-0.39, 0.29) is 0 Å². The van der Waals surface area contributed by atoms with Crippen LogP contribution in [-0.4, -0.2) is 9.97 Å². The van der Waals surface area contributed by atoms with Crippen LogP contribution in [0.3, 0.4) is 0 Å². The van der Waals surface area contributed by atoms with E-state index in [1.54, 1.807) is 0 Å². The van der Waals surface area contributed by atoms with Crippen molar-refractivity contribution in [2.24, 2.45) is 5.73 Å². The number of nitrogens with two attached hydrogens (primary N) is 1. The first-order valence-corrected chi connectivity index (χ1v) is 6.14. The molecule has 0 saturated heterocycles. The number of benzene rings is 2. The molecule has 1 heterocycles. The van der Waals surface area contributed by atoms with Crippen molar-refractivity contribution in [3.05, 3.63) is 60.2 Å². The summed E-state index contributed by atoms with van der Waals surface area (Å²) in [4.78, 5) is 3.82.